The van der Waals surface area contributed by atoms with Crippen LogP contribution in [0, 0.1) is 11.8 Å². The van der Waals surface area contributed by atoms with Crippen molar-refractivity contribution in [2.75, 3.05) is 40.3 Å². The van der Waals surface area contributed by atoms with Gasteiger partial charge in [0.2, 0.25) is 15.9 Å². The summed E-state index contributed by atoms with van der Waals surface area (Å²) in [6, 6.07) is 19.8. The van der Waals surface area contributed by atoms with Gasteiger partial charge in [-0.1, -0.05) is 48.5 Å². The average molecular weight is 542 g/mol. The second kappa shape index (κ2) is 13.7. The number of carbonyl (C=O) groups excluding carboxylic acids is 1. The monoisotopic (exact) mass is 541 g/mol. The molecule has 1 aliphatic carbocycles. The lowest BCUT2D eigenvalue weighted by Crippen LogP contribution is -2.40. The van der Waals surface area contributed by atoms with E-state index in [0.29, 0.717) is 42.3 Å². The van der Waals surface area contributed by atoms with Gasteiger partial charge in [0.15, 0.2) is 0 Å². The number of rotatable bonds is 12. The fourth-order valence-corrected chi connectivity index (χ4v) is 7.46. The zero-order valence-electron chi connectivity index (χ0n) is 22.8. The third-order valence-corrected chi connectivity index (χ3v) is 10.1. The van der Waals surface area contributed by atoms with E-state index in [1.165, 1.54) is 29.1 Å². The van der Waals surface area contributed by atoms with Crippen LogP contribution in [0.3, 0.4) is 0 Å². The lowest BCUT2D eigenvalue weighted by atomic mass is 9.76. The van der Waals surface area contributed by atoms with E-state index >= 15 is 0 Å². The van der Waals surface area contributed by atoms with Gasteiger partial charge < -0.3 is 15.0 Å². The highest BCUT2D eigenvalue weighted by Gasteiger charge is 2.33. The first kappa shape index (κ1) is 28.7. The molecule has 38 heavy (non-hydrogen) atoms. The van der Waals surface area contributed by atoms with E-state index in [4.69, 9.17) is 4.74 Å². The van der Waals surface area contributed by atoms with Gasteiger partial charge in [0.25, 0.3) is 0 Å². The lowest BCUT2D eigenvalue weighted by Gasteiger charge is -2.37. The molecule has 1 heterocycles. The Bertz CT molecular complexity index is 1100. The third-order valence-electron chi connectivity index (χ3n) is 8.20. The van der Waals surface area contributed by atoms with E-state index in [2.05, 4.69) is 54.6 Å². The lowest BCUT2D eigenvalue weighted by molar-refractivity contribution is -0.127. The van der Waals surface area contributed by atoms with Gasteiger partial charge in [-0.15, -0.1) is 0 Å². The summed E-state index contributed by atoms with van der Waals surface area (Å²) in [6.07, 6.45) is 7.29. The minimum atomic E-state index is -3.52. The molecule has 208 valence electrons. The Balaban J connectivity index is 1.14. The van der Waals surface area contributed by atoms with E-state index in [-0.39, 0.29) is 25.2 Å². The van der Waals surface area contributed by atoms with Gasteiger partial charge in [0, 0.05) is 25.7 Å². The molecule has 2 unspecified atom stereocenters. The fourth-order valence-electron chi connectivity index (χ4n) is 5.95. The summed E-state index contributed by atoms with van der Waals surface area (Å²) in [4.78, 5) is 15.1. The zero-order chi connectivity index (χ0) is 27.0. The predicted octanol–water partition coefficient (Wildman–Crippen LogP) is 3.95. The molecule has 1 N–H and O–H groups in total. The summed E-state index contributed by atoms with van der Waals surface area (Å²) in [5.41, 5.74) is 1.40. The van der Waals surface area contributed by atoms with Crippen LogP contribution in [0.4, 0.5) is 0 Å². The van der Waals surface area contributed by atoms with Crippen molar-refractivity contribution in [3.8, 4) is 0 Å². The molecule has 2 atom stereocenters. The summed E-state index contributed by atoms with van der Waals surface area (Å²) in [5, 5.41) is 3.05. The van der Waals surface area contributed by atoms with Crippen LogP contribution in [-0.4, -0.2) is 76.0 Å². The highest BCUT2D eigenvalue weighted by molar-refractivity contribution is 7.89. The van der Waals surface area contributed by atoms with E-state index in [1.54, 1.807) is 30.3 Å². The maximum absolute atomic E-state index is 12.8. The van der Waals surface area contributed by atoms with E-state index in [9.17, 15) is 13.2 Å². The number of nitrogens with one attached hydrogen (secondary N) is 1. The standard InChI is InChI=1S/C30H43N3O4S/c1-32(2)29(18-15-24-9-5-3-6-10-24)26-16-13-25(14-17-26)21-31-30(34)23-37-27-19-20-33(22-27)38(35,36)28-11-7-4-8-12-28/h3-12,25-27,29H,13-23H2,1-2H3,(H,31,34). The van der Waals surface area contributed by atoms with Crippen LogP contribution < -0.4 is 5.32 Å². The first-order valence-corrected chi connectivity index (χ1v) is 15.4. The number of ether oxygens (including phenoxy) is 1. The van der Waals surface area contributed by atoms with Crippen molar-refractivity contribution >= 4 is 15.9 Å². The van der Waals surface area contributed by atoms with Crippen LogP contribution in [0.2, 0.25) is 0 Å². The van der Waals surface area contributed by atoms with Crippen molar-refractivity contribution in [2.45, 2.75) is 62.0 Å². The smallest absolute Gasteiger partial charge is 0.246 e. The molecule has 1 saturated heterocycles. The van der Waals surface area contributed by atoms with Gasteiger partial charge in [-0.05, 0) is 88.6 Å². The van der Waals surface area contributed by atoms with Crippen LogP contribution in [-0.2, 0) is 26.0 Å². The van der Waals surface area contributed by atoms with Gasteiger partial charge in [-0.25, -0.2) is 8.42 Å². The SMILES string of the molecule is CN(C)C(CCc1ccccc1)C1CCC(CNC(=O)COC2CCN(S(=O)(=O)c3ccccc3)C2)CC1. The van der Waals surface area contributed by atoms with Crippen LogP contribution >= 0.6 is 0 Å². The molecule has 8 heteroatoms. The summed E-state index contributed by atoms with van der Waals surface area (Å²) in [7, 11) is 0.875. The summed E-state index contributed by atoms with van der Waals surface area (Å²) >= 11 is 0. The molecule has 4 rings (SSSR count). The maximum atomic E-state index is 12.8. The van der Waals surface area contributed by atoms with Crippen LogP contribution in [0.15, 0.2) is 65.6 Å². The Hall–Kier alpha value is -2.26. The molecular weight excluding hydrogens is 498 g/mol. The molecule has 2 aromatic rings. The molecule has 0 bridgehead atoms. The Morgan fingerprint density at radius 1 is 1.00 bits per heavy atom. The van der Waals surface area contributed by atoms with Gasteiger partial charge in [-0.3, -0.25) is 4.79 Å². The Kier molecular flexibility index (Phi) is 10.4. The van der Waals surface area contributed by atoms with Crippen LogP contribution in [0.1, 0.15) is 44.1 Å². The van der Waals surface area contributed by atoms with E-state index in [0.717, 1.165) is 19.3 Å². The number of amides is 1. The van der Waals surface area contributed by atoms with Crippen molar-refractivity contribution in [3.63, 3.8) is 0 Å². The minimum Gasteiger partial charge on any atom is -0.367 e. The molecular formula is C30H43N3O4S. The van der Waals surface area contributed by atoms with Crippen molar-refractivity contribution in [2.24, 2.45) is 11.8 Å². The number of aryl methyl sites for hydroxylation is 1. The van der Waals surface area contributed by atoms with Gasteiger partial charge in [-0.2, -0.15) is 4.31 Å². The van der Waals surface area contributed by atoms with E-state index < -0.39 is 10.0 Å². The first-order valence-electron chi connectivity index (χ1n) is 14.0. The summed E-state index contributed by atoms with van der Waals surface area (Å²) < 4.78 is 32.8. The zero-order valence-corrected chi connectivity index (χ0v) is 23.6. The highest BCUT2D eigenvalue weighted by atomic mass is 32.2. The number of hydrogen-bond donors (Lipinski definition) is 1. The topological polar surface area (TPSA) is 79.0 Å². The number of sulfonamides is 1. The van der Waals surface area contributed by atoms with Gasteiger partial charge in [0.05, 0.1) is 11.0 Å². The quantitative estimate of drug-likeness (QED) is 0.440. The average Bonchev–Trinajstić information content (AvgIpc) is 3.42. The molecule has 1 aliphatic heterocycles. The summed E-state index contributed by atoms with van der Waals surface area (Å²) in [5.74, 6) is 1.08. The molecule has 2 fully saturated rings. The molecule has 1 saturated carbocycles. The number of carbonyl (C=O) groups is 1. The normalized spacial score (nSPS) is 23.4. The number of hydrogen-bond acceptors (Lipinski definition) is 5. The summed E-state index contributed by atoms with van der Waals surface area (Å²) in [6.45, 7) is 1.35. The Labute approximate surface area is 228 Å². The molecule has 7 nitrogen and oxygen atoms in total. The minimum absolute atomic E-state index is 0.0264. The number of nitrogens with zero attached hydrogens (tertiary/aromatic N) is 2. The highest BCUT2D eigenvalue weighted by Crippen LogP contribution is 2.33. The first-order chi connectivity index (χ1) is 18.3. The second-order valence-electron chi connectivity index (χ2n) is 11.0. The number of benzene rings is 2. The van der Waals surface area contributed by atoms with Crippen molar-refractivity contribution < 1.29 is 17.9 Å². The molecule has 2 aromatic carbocycles. The molecule has 0 radical (unpaired) electrons. The van der Waals surface area contributed by atoms with Crippen molar-refractivity contribution in [3.05, 3.63) is 66.2 Å². The Morgan fingerprint density at radius 3 is 2.32 bits per heavy atom. The van der Waals surface area contributed by atoms with Crippen LogP contribution in [0.5, 0.6) is 0 Å². The van der Waals surface area contributed by atoms with Gasteiger partial charge in [0.1, 0.15) is 6.61 Å². The van der Waals surface area contributed by atoms with Crippen molar-refractivity contribution in [1.29, 1.82) is 0 Å². The predicted molar refractivity (Wildman–Crippen MR) is 150 cm³/mol. The molecule has 2 aliphatic rings. The maximum Gasteiger partial charge on any atom is 0.246 e. The third kappa shape index (κ3) is 7.88. The van der Waals surface area contributed by atoms with E-state index in [1.807, 2.05) is 0 Å². The van der Waals surface area contributed by atoms with Gasteiger partial charge >= 0.3 is 0 Å². The largest absolute Gasteiger partial charge is 0.367 e. The van der Waals surface area contributed by atoms with Crippen molar-refractivity contribution in [1.82, 2.24) is 14.5 Å². The molecule has 0 spiro atoms. The second-order valence-corrected chi connectivity index (χ2v) is 13.0. The molecule has 1 amide bonds. The van der Waals surface area contributed by atoms with Crippen LogP contribution in [0.25, 0.3) is 0 Å². The Morgan fingerprint density at radius 2 is 1.66 bits per heavy atom. The fraction of sp³-hybridized carbons (Fsp3) is 0.567. The molecule has 0 aromatic heterocycles.